The first-order valence-electron chi connectivity index (χ1n) is 9.34. The molecule has 0 saturated carbocycles. The number of aliphatic hydroxyl groups is 2. The minimum atomic E-state index is -1.52. The molecule has 3 heterocycles. The van der Waals surface area contributed by atoms with Crippen molar-refractivity contribution in [1.82, 2.24) is 0 Å². The summed E-state index contributed by atoms with van der Waals surface area (Å²) in [4.78, 5) is 24.6. The molecule has 0 unspecified atom stereocenters. The van der Waals surface area contributed by atoms with Crippen LogP contribution in [0, 0.1) is 11.8 Å². The van der Waals surface area contributed by atoms with Crippen molar-refractivity contribution in [3.63, 3.8) is 0 Å². The third kappa shape index (κ3) is 3.44. The van der Waals surface area contributed by atoms with Gasteiger partial charge in [0.1, 0.15) is 11.7 Å². The molecule has 2 N–H and O–H groups in total. The minimum absolute atomic E-state index is 0.0899. The van der Waals surface area contributed by atoms with Gasteiger partial charge in [0.05, 0.1) is 6.10 Å². The number of fused-ring (bicyclic) bond motifs is 3. The maximum absolute atomic E-state index is 12.4. The van der Waals surface area contributed by atoms with Crippen molar-refractivity contribution in [1.29, 1.82) is 0 Å². The molecule has 2 bridgehead atoms. The maximum atomic E-state index is 12.4. The van der Waals surface area contributed by atoms with Gasteiger partial charge in [-0.25, -0.2) is 9.59 Å². The maximum Gasteiger partial charge on any atom is 0.334 e. The summed E-state index contributed by atoms with van der Waals surface area (Å²) in [7, 11) is 0. The fourth-order valence-corrected chi connectivity index (χ4v) is 4.32. The fraction of sp³-hybridized carbons (Fsp3) is 0.700. The number of rotatable bonds is 2. The Morgan fingerprint density at radius 1 is 1.37 bits per heavy atom. The van der Waals surface area contributed by atoms with Gasteiger partial charge in [-0.1, -0.05) is 19.6 Å². The second kappa shape index (κ2) is 6.72. The minimum Gasteiger partial charge on any atom is -0.454 e. The third-order valence-corrected chi connectivity index (χ3v) is 6.16. The van der Waals surface area contributed by atoms with E-state index in [1.807, 2.05) is 6.92 Å². The van der Waals surface area contributed by atoms with Gasteiger partial charge in [0.15, 0.2) is 11.9 Å². The molecule has 0 aromatic rings. The quantitative estimate of drug-likeness (QED) is 0.554. The molecule has 3 saturated heterocycles. The molecule has 0 amide bonds. The van der Waals surface area contributed by atoms with Crippen molar-refractivity contribution in [2.45, 2.75) is 76.7 Å². The highest BCUT2D eigenvalue weighted by molar-refractivity contribution is 5.91. The lowest BCUT2D eigenvalue weighted by atomic mass is 9.77. The number of carbonyl (C=O) groups excluding carboxylic acids is 2. The highest BCUT2D eigenvalue weighted by Crippen LogP contribution is 2.48. The van der Waals surface area contributed by atoms with E-state index in [4.69, 9.17) is 14.2 Å². The molecule has 3 aliphatic heterocycles. The first kappa shape index (κ1) is 20.0. The first-order valence-corrected chi connectivity index (χ1v) is 9.34. The Morgan fingerprint density at radius 2 is 2.04 bits per heavy atom. The third-order valence-electron chi connectivity index (χ3n) is 6.16. The second-order valence-electron chi connectivity index (χ2n) is 8.29. The summed E-state index contributed by atoms with van der Waals surface area (Å²) in [6.45, 7) is 10.5. The molecule has 27 heavy (non-hydrogen) atoms. The number of hydrogen-bond donors (Lipinski definition) is 2. The molecule has 3 rings (SSSR count). The summed E-state index contributed by atoms with van der Waals surface area (Å²) in [5.41, 5.74) is -0.943. The van der Waals surface area contributed by atoms with E-state index in [9.17, 15) is 19.8 Å². The molecular weight excluding hydrogens is 352 g/mol. The molecular formula is C20H28O7. The van der Waals surface area contributed by atoms with Gasteiger partial charge in [0, 0.05) is 35.8 Å². The van der Waals surface area contributed by atoms with Crippen LogP contribution >= 0.6 is 0 Å². The Labute approximate surface area is 159 Å². The van der Waals surface area contributed by atoms with E-state index in [1.165, 1.54) is 0 Å². The molecule has 0 radical (unpaired) electrons. The zero-order chi connectivity index (χ0) is 20.1. The first-order chi connectivity index (χ1) is 12.5. The number of ether oxygens (including phenoxy) is 3. The number of hydrogen-bond acceptors (Lipinski definition) is 7. The number of carbonyl (C=O) groups is 2. The average molecular weight is 380 g/mol. The summed E-state index contributed by atoms with van der Waals surface area (Å²) >= 11 is 0. The van der Waals surface area contributed by atoms with Gasteiger partial charge >= 0.3 is 11.9 Å². The molecule has 3 fully saturated rings. The van der Waals surface area contributed by atoms with Crippen LogP contribution in [0.5, 0.6) is 0 Å². The van der Waals surface area contributed by atoms with Gasteiger partial charge in [-0.3, -0.25) is 0 Å². The second-order valence-corrected chi connectivity index (χ2v) is 8.29. The molecule has 7 nitrogen and oxygen atoms in total. The van der Waals surface area contributed by atoms with Crippen LogP contribution in [0.15, 0.2) is 23.8 Å². The van der Waals surface area contributed by atoms with Crippen LogP contribution in [-0.2, 0) is 23.8 Å². The lowest BCUT2D eigenvalue weighted by Crippen LogP contribution is -2.53. The van der Waals surface area contributed by atoms with Crippen LogP contribution in [0.4, 0.5) is 0 Å². The van der Waals surface area contributed by atoms with E-state index in [0.29, 0.717) is 12.0 Å². The van der Waals surface area contributed by atoms with Gasteiger partial charge in [-0.05, 0) is 27.2 Å². The summed E-state index contributed by atoms with van der Waals surface area (Å²) in [5, 5.41) is 22.2. The molecule has 7 atom stereocenters. The van der Waals surface area contributed by atoms with Crippen LogP contribution in [0.25, 0.3) is 0 Å². The summed E-state index contributed by atoms with van der Waals surface area (Å²) in [5.74, 6) is -3.45. The average Bonchev–Trinajstić information content (AvgIpc) is 3.01. The van der Waals surface area contributed by atoms with E-state index in [1.54, 1.807) is 26.8 Å². The summed E-state index contributed by atoms with van der Waals surface area (Å²) < 4.78 is 16.9. The Balaban J connectivity index is 2.02. The Hall–Kier alpha value is -1.70. The molecule has 0 spiro atoms. The monoisotopic (exact) mass is 380 g/mol. The van der Waals surface area contributed by atoms with Crippen LogP contribution in [0.2, 0.25) is 0 Å². The van der Waals surface area contributed by atoms with Crippen LogP contribution in [-0.4, -0.2) is 51.9 Å². The lowest BCUT2D eigenvalue weighted by molar-refractivity contribution is -0.221. The zero-order valence-corrected chi connectivity index (χ0v) is 16.2. The van der Waals surface area contributed by atoms with Crippen molar-refractivity contribution in [3.05, 3.63) is 23.8 Å². The fourth-order valence-electron chi connectivity index (χ4n) is 4.32. The molecule has 150 valence electrons. The van der Waals surface area contributed by atoms with E-state index in [-0.39, 0.29) is 24.3 Å². The van der Waals surface area contributed by atoms with Crippen molar-refractivity contribution in [3.8, 4) is 0 Å². The standard InChI is InChI=1S/C20H28O7/c1-6-10(2)17(21)26-16-15-14(12(4)18(22)25-15)9-20(24)11(3)7-13(27-20)8-19(16,5)23/h6,11,13-16,23-24H,4,7-9H2,1-3,5H3/b10-6-/t11-,13-,14+,15+,16-,19+,20-/m1/s1. The predicted molar refractivity (Wildman–Crippen MR) is 95.3 cm³/mol. The molecule has 0 aliphatic carbocycles. The van der Waals surface area contributed by atoms with Crippen LogP contribution in [0.3, 0.4) is 0 Å². The predicted octanol–water partition coefficient (Wildman–Crippen LogP) is 1.62. The van der Waals surface area contributed by atoms with E-state index < -0.39 is 47.6 Å². The van der Waals surface area contributed by atoms with Crippen molar-refractivity contribution >= 4 is 11.9 Å². The highest BCUT2D eigenvalue weighted by atomic mass is 16.6. The Bertz CT molecular complexity index is 694. The molecule has 7 heteroatoms. The SMILES string of the molecule is C=C1C(=O)O[C@@H]2[C@@H](OC(=O)/C(C)=C\C)[C@@](C)(O)C[C@H]3C[C@@H](C)[C@@](O)(C[C@@H]12)O3. The van der Waals surface area contributed by atoms with Crippen molar-refractivity contribution < 1.29 is 34.0 Å². The van der Waals surface area contributed by atoms with Crippen molar-refractivity contribution in [2.75, 3.05) is 0 Å². The van der Waals surface area contributed by atoms with Crippen LogP contribution < -0.4 is 0 Å². The largest absolute Gasteiger partial charge is 0.454 e. The lowest BCUT2D eigenvalue weighted by Gasteiger charge is -2.38. The molecule has 3 aliphatic rings. The van der Waals surface area contributed by atoms with Crippen molar-refractivity contribution in [2.24, 2.45) is 11.8 Å². The van der Waals surface area contributed by atoms with Gasteiger partial charge < -0.3 is 24.4 Å². The molecule has 0 aromatic heterocycles. The van der Waals surface area contributed by atoms with Gasteiger partial charge in [-0.2, -0.15) is 0 Å². The van der Waals surface area contributed by atoms with Gasteiger partial charge in [-0.15, -0.1) is 0 Å². The van der Waals surface area contributed by atoms with E-state index in [0.717, 1.165) is 0 Å². The van der Waals surface area contributed by atoms with E-state index in [2.05, 4.69) is 6.58 Å². The smallest absolute Gasteiger partial charge is 0.334 e. The normalized spacial score (nSPS) is 44.8. The number of esters is 2. The van der Waals surface area contributed by atoms with Gasteiger partial charge in [0.2, 0.25) is 0 Å². The number of allylic oxidation sites excluding steroid dienone is 1. The zero-order valence-electron chi connectivity index (χ0n) is 16.2. The van der Waals surface area contributed by atoms with Gasteiger partial charge in [0.25, 0.3) is 0 Å². The van der Waals surface area contributed by atoms with E-state index >= 15 is 0 Å². The summed E-state index contributed by atoms with van der Waals surface area (Å²) in [6, 6.07) is 0. The summed E-state index contributed by atoms with van der Waals surface area (Å²) in [6.07, 6.45) is -0.0418. The Morgan fingerprint density at radius 3 is 2.67 bits per heavy atom. The molecule has 0 aromatic carbocycles. The topological polar surface area (TPSA) is 102 Å². The van der Waals surface area contributed by atoms with Crippen LogP contribution in [0.1, 0.15) is 47.0 Å². The Kier molecular flexibility index (Phi) is 4.99. The highest BCUT2D eigenvalue weighted by Gasteiger charge is 2.59.